The number of benzene rings is 2. The third-order valence-electron chi connectivity index (χ3n) is 3.05. The maximum atomic E-state index is 6.18. The highest BCUT2D eigenvalue weighted by atomic mass is 79.9. The largest absolute Gasteiger partial charge is 0.325 e. The number of imidazole rings is 1. The Balaban J connectivity index is 2.06. The summed E-state index contributed by atoms with van der Waals surface area (Å²) in [6, 6.07) is 15.7. The molecule has 0 aliphatic rings. The molecule has 21 heavy (non-hydrogen) atoms. The van der Waals surface area contributed by atoms with E-state index in [4.69, 9.17) is 11.6 Å². The lowest BCUT2D eigenvalue weighted by atomic mass is 10.3. The second kappa shape index (κ2) is 5.92. The van der Waals surface area contributed by atoms with E-state index in [0.29, 0.717) is 5.02 Å². The van der Waals surface area contributed by atoms with Crippen LogP contribution < -0.4 is 5.32 Å². The van der Waals surface area contributed by atoms with Gasteiger partial charge in [0.25, 0.3) is 0 Å². The predicted octanol–water partition coefficient (Wildman–Crippen LogP) is 5.34. The minimum atomic E-state index is 0.671. The Kier molecular flexibility index (Phi) is 3.99. The smallest absolute Gasteiger partial charge is 0.212 e. The predicted molar refractivity (Wildman–Crippen MR) is 90.7 cm³/mol. The number of hydrogen-bond donors (Lipinski definition) is 1. The Hall–Kier alpha value is -1.78. The number of nitrogens with zero attached hydrogens (tertiary/aromatic N) is 2. The van der Waals surface area contributed by atoms with E-state index in [1.165, 1.54) is 0 Å². The topological polar surface area (TPSA) is 29.9 Å². The van der Waals surface area contributed by atoms with Crippen LogP contribution in [0.25, 0.3) is 5.69 Å². The molecule has 3 aromatic rings. The fourth-order valence-electron chi connectivity index (χ4n) is 2.10. The summed E-state index contributed by atoms with van der Waals surface area (Å²) in [7, 11) is 0. The molecule has 0 aliphatic carbocycles. The zero-order valence-corrected chi connectivity index (χ0v) is 13.7. The van der Waals surface area contributed by atoms with Crippen LogP contribution in [0.2, 0.25) is 5.02 Å². The van der Waals surface area contributed by atoms with Crippen molar-refractivity contribution < 1.29 is 0 Å². The number of aromatic nitrogens is 2. The van der Waals surface area contributed by atoms with Gasteiger partial charge in [0, 0.05) is 11.9 Å². The van der Waals surface area contributed by atoms with Crippen molar-refractivity contribution in [2.75, 3.05) is 5.32 Å². The Morgan fingerprint density at radius 1 is 1.10 bits per heavy atom. The van der Waals surface area contributed by atoms with Gasteiger partial charge in [0.2, 0.25) is 5.95 Å². The van der Waals surface area contributed by atoms with E-state index in [0.717, 1.165) is 27.5 Å². The molecular formula is C16H13BrClN3. The molecule has 5 heteroatoms. The van der Waals surface area contributed by atoms with E-state index < -0.39 is 0 Å². The molecule has 0 saturated carbocycles. The summed E-state index contributed by atoms with van der Waals surface area (Å²) in [4.78, 5) is 4.54. The van der Waals surface area contributed by atoms with E-state index in [2.05, 4.69) is 26.2 Å². The third-order valence-corrected chi connectivity index (χ3v) is 4.42. The summed E-state index contributed by atoms with van der Waals surface area (Å²) in [6.45, 7) is 1.96. The summed E-state index contributed by atoms with van der Waals surface area (Å²) in [5.41, 5.74) is 2.87. The second-order valence-corrected chi connectivity index (χ2v) is 5.84. The third kappa shape index (κ3) is 2.96. The molecule has 0 atom stereocenters. The molecule has 0 bridgehead atoms. The maximum absolute atomic E-state index is 6.18. The van der Waals surface area contributed by atoms with Gasteiger partial charge in [0.05, 0.1) is 20.9 Å². The molecule has 1 N–H and O–H groups in total. The number of aryl methyl sites for hydroxylation is 1. The molecule has 0 saturated heterocycles. The fourth-order valence-corrected chi connectivity index (χ4v) is 2.72. The highest BCUT2D eigenvalue weighted by molar-refractivity contribution is 9.10. The first kappa shape index (κ1) is 14.2. The van der Waals surface area contributed by atoms with E-state index in [-0.39, 0.29) is 0 Å². The van der Waals surface area contributed by atoms with Gasteiger partial charge < -0.3 is 5.32 Å². The maximum Gasteiger partial charge on any atom is 0.212 e. The van der Waals surface area contributed by atoms with Gasteiger partial charge in [0.1, 0.15) is 0 Å². The quantitative estimate of drug-likeness (QED) is 0.681. The van der Waals surface area contributed by atoms with Crippen LogP contribution in [0.1, 0.15) is 5.69 Å². The zero-order valence-electron chi connectivity index (χ0n) is 11.3. The second-order valence-electron chi connectivity index (χ2n) is 4.64. The SMILES string of the molecule is Cc1cn(-c2cccc(Cl)c2Br)c(Nc2ccccc2)n1. The van der Waals surface area contributed by atoms with Crippen LogP contribution in [0.3, 0.4) is 0 Å². The van der Waals surface area contributed by atoms with Gasteiger partial charge in [-0.05, 0) is 47.1 Å². The molecule has 0 amide bonds. The lowest BCUT2D eigenvalue weighted by Gasteiger charge is -2.12. The first-order chi connectivity index (χ1) is 10.1. The molecule has 2 aromatic carbocycles. The Labute approximate surface area is 136 Å². The van der Waals surface area contributed by atoms with Crippen LogP contribution in [0, 0.1) is 6.92 Å². The summed E-state index contributed by atoms with van der Waals surface area (Å²) in [5, 5.41) is 4.00. The first-order valence-electron chi connectivity index (χ1n) is 6.47. The monoisotopic (exact) mass is 361 g/mol. The van der Waals surface area contributed by atoms with Gasteiger partial charge in [-0.1, -0.05) is 35.9 Å². The number of halogens is 2. The van der Waals surface area contributed by atoms with Crippen LogP contribution in [0.15, 0.2) is 59.2 Å². The van der Waals surface area contributed by atoms with Gasteiger partial charge in [-0.3, -0.25) is 4.57 Å². The van der Waals surface area contributed by atoms with E-state index >= 15 is 0 Å². The van der Waals surface area contributed by atoms with E-state index in [9.17, 15) is 0 Å². The summed E-state index contributed by atoms with van der Waals surface area (Å²) >= 11 is 9.72. The number of anilines is 2. The molecule has 3 nitrogen and oxygen atoms in total. The molecule has 1 aromatic heterocycles. The highest BCUT2D eigenvalue weighted by Gasteiger charge is 2.12. The molecule has 106 valence electrons. The number of hydrogen-bond acceptors (Lipinski definition) is 2. The van der Waals surface area contributed by atoms with Gasteiger partial charge in [-0.25, -0.2) is 4.98 Å². The van der Waals surface area contributed by atoms with Crippen LogP contribution >= 0.6 is 27.5 Å². The minimum Gasteiger partial charge on any atom is -0.325 e. The summed E-state index contributed by atoms with van der Waals surface area (Å²) in [5.74, 6) is 0.752. The lowest BCUT2D eigenvalue weighted by molar-refractivity contribution is 1.06. The van der Waals surface area contributed by atoms with Crippen molar-refractivity contribution in [3.05, 3.63) is 69.9 Å². The summed E-state index contributed by atoms with van der Waals surface area (Å²) < 4.78 is 2.83. The normalized spacial score (nSPS) is 10.6. The van der Waals surface area contributed by atoms with Crippen LogP contribution in [0.5, 0.6) is 0 Å². The molecule has 0 aliphatic heterocycles. The first-order valence-corrected chi connectivity index (χ1v) is 7.64. The van der Waals surface area contributed by atoms with Crippen molar-refractivity contribution in [3.63, 3.8) is 0 Å². The van der Waals surface area contributed by atoms with Crippen molar-refractivity contribution in [2.24, 2.45) is 0 Å². The molecule has 0 unspecified atom stereocenters. The zero-order chi connectivity index (χ0) is 14.8. The van der Waals surface area contributed by atoms with Crippen molar-refractivity contribution in [1.29, 1.82) is 0 Å². The van der Waals surface area contributed by atoms with Crippen molar-refractivity contribution in [1.82, 2.24) is 9.55 Å². The van der Waals surface area contributed by atoms with Crippen LogP contribution in [-0.4, -0.2) is 9.55 Å². The van der Waals surface area contributed by atoms with Crippen molar-refractivity contribution >= 4 is 39.2 Å². The van der Waals surface area contributed by atoms with Crippen LogP contribution in [0.4, 0.5) is 11.6 Å². The molecular weight excluding hydrogens is 350 g/mol. The minimum absolute atomic E-state index is 0.671. The molecule has 0 fully saturated rings. The van der Waals surface area contributed by atoms with Gasteiger partial charge >= 0.3 is 0 Å². The van der Waals surface area contributed by atoms with Crippen molar-refractivity contribution in [3.8, 4) is 5.69 Å². The average Bonchev–Trinajstić information content (AvgIpc) is 2.83. The van der Waals surface area contributed by atoms with Crippen LogP contribution in [-0.2, 0) is 0 Å². The molecule has 3 rings (SSSR count). The Morgan fingerprint density at radius 3 is 2.62 bits per heavy atom. The Morgan fingerprint density at radius 2 is 1.86 bits per heavy atom. The van der Waals surface area contributed by atoms with Gasteiger partial charge in [-0.2, -0.15) is 0 Å². The molecule has 0 radical (unpaired) electrons. The summed E-state index contributed by atoms with van der Waals surface area (Å²) in [6.07, 6.45) is 1.97. The Bertz CT molecular complexity index is 768. The van der Waals surface area contributed by atoms with Gasteiger partial charge in [0.15, 0.2) is 0 Å². The average molecular weight is 363 g/mol. The molecule has 1 heterocycles. The molecule has 0 spiro atoms. The highest BCUT2D eigenvalue weighted by Crippen LogP contribution is 2.31. The van der Waals surface area contributed by atoms with Gasteiger partial charge in [-0.15, -0.1) is 0 Å². The number of rotatable bonds is 3. The lowest BCUT2D eigenvalue weighted by Crippen LogP contribution is -2.01. The fraction of sp³-hybridized carbons (Fsp3) is 0.0625. The number of para-hydroxylation sites is 1. The standard InChI is InChI=1S/C16H13BrClN3/c1-11-10-21(14-9-5-8-13(18)15(14)17)16(19-11)20-12-6-3-2-4-7-12/h2-10H,1H3,(H,19,20). The van der Waals surface area contributed by atoms with E-state index in [1.54, 1.807) is 0 Å². The van der Waals surface area contributed by atoms with E-state index in [1.807, 2.05) is 66.2 Å². The van der Waals surface area contributed by atoms with Crippen molar-refractivity contribution in [2.45, 2.75) is 6.92 Å². The number of nitrogens with one attached hydrogen (secondary N) is 1.